The number of halogens is 2. The molecule has 2 nitrogen and oxygen atoms in total. The first kappa shape index (κ1) is 16.8. The molecule has 1 saturated heterocycles. The molecule has 0 bridgehead atoms. The molecule has 0 unspecified atom stereocenters. The minimum Gasteiger partial charge on any atom is -0.314 e. The maximum Gasteiger partial charge on any atom is 0.0912 e. The fourth-order valence-corrected chi connectivity index (χ4v) is 2.89. The molecule has 5 heteroatoms. The van der Waals surface area contributed by atoms with E-state index in [1.165, 1.54) is 10.5 Å². The molecule has 0 aliphatic carbocycles. The molecule has 1 fully saturated rings. The largest absolute Gasteiger partial charge is 0.314 e. The number of rotatable bonds is 5. The van der Waals surface area contributed by atoms with E-state index >= 15 is 0 Å². The van der Waals surface area contributed by atoms with Gasteiger partial charge in [0.05, 0.1) is 6.67 Å². The van der Waals surface area contributed by atoms with Crippen molar-refractivity contribution in [1.82, 2.24) is 10.2 Å². The van der Waals surface area contributed by atoms with Crippen LogP contribution in [0.15, 0.2) is 29.2 Å². The van der Waals surface area contributed by atoms with Crippen molar-refractivity contribution in [2.45, 2.75) is 17.4 Å². The van der Waals surface area contributed by atoms with Crippen LogP contribution < -0.4 is 5.32 Å². The lowest BCUT2D eigenvalue weighted by Gasteiger charge is -2.35. The van der Waals surface area contributed by atoms with E-state index in [1.807, 2.05) is 0 Å². The van der Waals surface area contributed by atoms with Gasteiger partial charge in [-0.15, -0.1) is 24.2 Å². The SMILES string of the molecule is CSc1ccc([C@H](CCF)N2CCNCC2)cc1.Cl. The first-order valence-corrected chi connectivity index (χ1v) is 7.72. The highest BCUT2D eigenvalue weighted by Gasteiger charge is 2.21. The molecule has 1 heterocycles. The average molecular weight is 305 g/mol. The molecular weight excluding hydrogens is 283 g/mol. The minimum atomic E-state index is -0.251. The summed E-state index contributed by atoms with van der Waals surface area (Å²) in [4.78, 5) is 3.66. The van der Waals surface area contributed by atoms with Gasteiger partial charge in [-0.05, 0) is 30.4 Å². The molecule has 1 N–H and O–H groups in total. The molecule has 0 aromatic heterocycles. The fraction of sp³-hybridized carbons (Fsp3) is 0.571. The van der Waals surface area contributed by atoms with E-state index in [0.29, 0.717) is 6.42 Å². The number of benzene rings is 1. The molecule has 0 radical (unpaired) electrons. The zero-order valence-corrected chi connectivity index (χ0v) is 12.9. The molecule has 1 aliphatic heterocycles. The quantitative estimate of drug-likeness (QED) is 0.841. The monoisotopic (exact) mass is 304 g/mol. The van der Waals surface area contributed by atoms with Gasteiger partial charge in [-0.3, -0.25) is 9.29 Å². The summed E-state index contributed by atoms with van der Waals surface area (Å²) in [7, 11) is 0. The number of nitrogens with zero attached hydrogens (tertiary/aromatic N) is 1. The zero-order chi connectivity index (χ0) is 12.8. The number of piperazine rings is 1. The highest BCUT2D eigenvalue weighted by molar-refractivity contribution is 7.98. The molecule has 1 aromatic carbocycles. The van der Waals surface area contributed by atoms with E-state index in [1.54, 1.807) is 11.8 Å². The predicted octanol–water partition coefficient (Wildman–Crippen LogP) is 3.14. The van der Waals surface area contributed by atoms with Gasteiger partial charge in [0, 0.05) is 37.1 Å². The lowest BCUT2D eigenvalue weighted by atomic mass is 10.0. The molecule has 0 amide bonds. The van der Waals surface area contributed by atoms with E-state index in [-0.39, 0.29) is 25.1 Å². The van der Waals surface area contributed by atoms with Crippen LogP contribution in [0.4, 0.5) is 4.39 Å². The summed E-state index contributed by atoms with van der Waals surface area (Å²) in [5, 5.41) is 3.34. The van der Waals surface area contributed by atoms with Crippen molar-refractivity contribution >= 4 is 24.2 Å². The smallest absolute Gasteiger partial charge is 0.0912 e. The molecule has 108 valence electrons. The standard InChI is InChI=1S/C14H21FN2S.ClH/c1-18-13-4-2-12(3-5-13)14(6-7-15)17-10-8-16-9-11-17;/h2-5,14,16H,6-11H2,1H3;1H/t14-;/m0./s1. The number of hydrogen-bond acceptors (Lipinski definition) is 3. The van der Waals surface area contributed by atoms with E-state index in [9.17, 15) is 4.39 Å². The fourth-order valence-electron chi connectivity index (χ4n) is 2.48. The lowest BCUT2D eigenvalue weighted by molar-refractivity contribution is 0.157. The first-order valence-electron chi connectivity index (χ1n) is 6.50. The Hall–Kier alpha value is -0.290. The first-order chi connectivity index (χ1) is 8.85. The van der Waals surface area contributed by atoms with Crippen LogP contribution >= 0.6 is 24.2 Å². The maximum atomic E-state index is 12.8. The molecule has 1 aromatic rings. The van der Waals surface area contributed by atoms with Crippen LogP contribution in [-0.4, -0.2) is 44.0 Å². The van der Waals surface area contributed by atoms with Crippen LogP contribution in [0.3, 0.4) is 0 Å². The topological polar surface area (TPSA) is 15.3 Å². The Morgan fingerprint density at radius 3 is 2.42 bits per heavy atom. The predicted molar refractivity (Wildman–Crippen MR) is 83.2 cm³/mol. The van der Waals surface area contributed by atoms with Crippen LogP contribution in [0, 0.1) is 0 Å². The normalized spacial score (nSPS) is 17.8. The second-order valence-electron chi connectivity index (χ2n) is 4.55. The Bertz CT molecular complexity index is 355. The van der Waals surface area contributed by atoms with Gasteiger partial charge in [-0.25, -0.2) is 0 Å². The van der Waals surface area contributed by atoms with Crippen LogP contribution in [0.2, 0.25) is 0 Å². The third-order valence-electron chi connectivity index (χ3n) is 3.48. The van der Waals surface area contributed by atoms with Gasteiger partial charge in [-0.2, -0.15) is 0 Å². The van der Waals surface area contributed by atoms with Gasteiger partial charge in [0.1, 0.15) is 0 Å². The van der Waals surface area contributed by atoms with Gasteiger partial charge in [0.2, 0.25) is 0 Å². The minimum absolute atomic E-state index is 0. The van der Waals surface area contributed by atoms with Crippen LogP contribution in [0.25, 0.3) is 0 Å². The van der Waals surface area contributed by atoms with Crippen molar-refractivity contribution < 1.29 is 4.39 Å². The number of alkyl halides is 1. The van der Waals surface area contributed by atoms with Crippen molar-refractivity contribution in [2.75, 3.05) is 39.1 Å². The molecule has 1 atom stereocenters. The van der Waals surface area contributed by atoms with Gasteiger partial charge in [-0.1, -0.05) is 12.1 Å². The molecule has 19 heavy (non-hydrogen) atoms. The van der Waals surface area contributed by atoms with Gasteiger partial charge < -0.3 is 5.32 Å². The summed E-state index contributed by atoms with van der Waals surface area (Å²) in [5.74, 6) is 0. The van der Waals surface area contributed by atoms with E-state index in [2.05, 4.69) is 40.7 Å². The summed E-state index contributed by atoms with van der Waals surface area (Å²) in [6, 6.07) is 8.79. The van der Waals surface area contributed by atoms with E-state index in [4.69, 9.17) is 0 Å². The average Bonchev–Trinajstić information content (AvgIpc) is 2.46. The summed E-state index contributed by atoms with van der Waals surface area (Å²) < 4.78 is 12.8. The van der Waals surface area contributed by atoms with Crippen molar-refractivity contribution in [3.8, 4) is 0 Å². The summed E-state index contributed by atoms with van der Waals surface area (Å²) in [6.07, 6.45) is 2.67. The number of thioether (sulfide) groups is 1. The Labute approximate surface area is 125 Å². The molecule has 2 rings (SSSR count). The van der Waals surface area contributed by atoms with Crippen LogP contribution in [-0.2, 0) is 0 Å². The highest BCUT2D eigenvalue weighted by atomic mass is 35.5. The Morgan fingerprint density at radius 2 is 1.89 bits per heavy atom. The summed E-state index contributed by atoms with van der Waals surface area (Å²) in [5.41, 5.74) is 1.24. The maximum absolute atomic E-state index is 12.8. The second-order valence-corrected chi connectivity index (χ2v) is 5.43. The Morgan fingerprint density at radius 1 is 1.26 bits per heavy atom. The third-order valence-corrected chi connectivity index (χ3v) is 4.22. The van der Waals surface area contributed by atoms with E-state index < -0.39 is 0 Å². The van der Waals surface area contributed by atoms with Crippen LogP contribution in [0.1, 0.15) is 18.0 Å². The van der Waals surface area contributed by atoms with Crippen LogP contribution in [0.5, 0.6) is 0 Å². The second kappa shape index (κ2) is 8.80. The molecular formula is C14H22ClFN2S. The number of hydrogen-bond donors (Lipinski definition) is 1. The highest BCUT2D eigenvalue weighted by Crippen LogP contribution is 2.26. The molecule has 0 saturated carbocycles. The molecule has 1 aliphatic rings. The van der Waals surface area contributed by atoms with Crippen molar-refractivity contribution in [1.29, 1.82) is 0 Å². The van der Waals surface area contributed by atoms with Crippen molar-refractivity contribution in [3.63, 3.8) is 0 Å². The van der Waals surface area contributed by atoms with Gasteiger partial charge in [0.25, 0.3) is 0 Å². The Balaban J connectivity index is 0.00000180. The Kier molecular flexibility index (Phi) is 7.76. The zero-order valence-electron chi connectivity index (χ0n) is 11.3. The summed E-state index contributed by atoms with van der Waals surface area (Å²) in [6.45, 7) is 3.78. The van der Waals surface area contributed by atoms with Crippen molar-refractivity contribution in [2.24, 2.45) is 0 Å². The molecule has 0 spiro atoms. The third kappa shape index (κ3) is 4.63. The van der Waals surface area contributed by atoms with Crippen molar-refractivity contribution in [3.05, 3.63) is 29.8 Å². The summed E-state index contributed by atoms with van der Waals surface area (Å²) >= 11 is 1.74. The number of nitrogens with one attached hydrogen (secondary N) is 1. The van der Waals surface area contributed by atoms with Gasteiger partial charge in [0.15, 0.2) is 0 Å². The van der Waals surface area contributed by atoms with E-state index in [0.717, 1.165) is 26.2 Å². The lowest BCUT2D eigenvalue weighted by Crippen LogP contribution is -2.45. The van der Waals surface area contributed by atoms with Gasteiger partial charge >= 0.3 is 0 Å².